The Morgan fingerprint density at radius 2 is 2.18 bits per heavy atom. The summed E-state index contributed by atoms with van der Waals surface area (Å²) in [7, 11) is 1.49. The van der Waals surface area contributed by atoms with Gasteiger partial charge in [0.05, 0.1) is 17.6 Å². The fourth-order valence-electron chi connectivity index (χ4n) is 1.25. The lowest BCUT2D eigenvalue weighted by Crippen LogP contribution is -2.29. The van der Waals surface area contributed by atoms with E-state index in [1.54, 1.807) is 13.8 Å². The summed E-state index contributed by atoms with van der Waals surface area (Å²) in [6, 6.07) is 4.42. The van der Waals surface area contributed by atoms with Crippen molar-refractivity contribution in [2.75, 3.05) is 19.0 Å². The van der Waals surface area contributed by atoms with Crippen LogP contribution in [0.25, 0.3) is 0 Å². The monoisotopic (exact) mass is 240 g/mol. The summed E-state index contributed by atoms with van der Waals surface area (Å²) in [5, 5.41) is 23.2. The van der Waals surface area contributed by atoms with E-state index >= 15 is 0 Å². The smallest absolute Gasteiger partial charge is 0.292 e. The van der Waals surface area contributed by atoms with E-state index in [-0.39, 0.29) is 12.2 Å². The number of nitrogens with zero attached hydrogens (tertiary/aromatic N) is 1. The minimum absolute atomic E-state index is 0.0462. The third-order valence-electron chi connectivity index (χ3n) is 2.11. The number of hydrogen-bond acceptors (Lipinski definition) is 5. The van der Waals surface area contributed by atoms with Crippen molar-refractivity contribution in [3.63, 3.8) is 0 Å². The standard InChI is InChI=1S/C11H16N2O4/c1-11(2,14)7-12-9-6-8(17-3)4-5-10(9)13(15)16/h4-6,12,14H,7H2,1-3H3. The predicted octanol–water partition coefficient (Wildman–Crippen LogP) is 1.79. The summed E-state index contributed by atoms with van der Waals surface area (Å²) < 4.78 is 5.00. The van der Waals surface area contributed by atoms with Crippen LogP contribution in [0, 0.1) is 10.1 Å². The molecule has 0 amide bonds. The summed E-state index contributed by atoms with van der Waals surface area (Å²) in [6.07, 6.45) is 0. The zero-order valence-corrected chi connectivity index (χ0v) is 10.1. The third-order valence-corrected chi connectivity index (χ3v) is 2.11. The fourth-order valence-corrected chi connectivity index (χ4v) is 1.25. The van der Waals surface area contributed by atoms with Crippen LogP contribution in [-0.4, -0.2) is 29.3 Å². The van der Waals surface area contributed by atoms with Crippen molar-refractivity contribution in [1.82, 2.24) is 0 Å². The molecule has 0 aliphatic carbocycles. The topological polar surface area (TPSA) is 84.6 Å². The van der Waals surface area contributed by atoms with Crippen molar-refractivity contribution < 1.29 is 14.8 Å². The number of ether oxygens (including phenoxy) is 1. The van der Waals surface area contributed by atoms with Gasteiger partial charge in [-0.05, 0) is 19.9 Å². The van der Waals surface area contributed by atoms with Gasteiger partial charge in [-0.2, -0.15) is 0 Å². The van der Waals surface area contributed by atoms with Gasteiger partial charge in [-0.3, -0.25) is 10.1 Å². The van der Waals surface area contributed by atoms with Gasteiger partial charge in [0.1, 0.15) is 11.4 Å². The van der Waals surface area contributed by atoms with Gasteiger partial charge in [-0.1, -0.05) is 0 Å². The van der Waals surface area contributed by atoms with Crippen molar-refractivity contribution in [2.45, 2.75) is 19.4 Å². The molecule has 17 heavy (non-hydrogen) atoms. The molecule has 0 bridgehead atoms. The summed E-state index contributed by atoms with van der Waals surface area (Å²) in [4.78, 5) is 10.3. The first-order valence-electron chi connectivity index (χ1n) is 5.12. The molecule has 0 heterocycles. The Morgan fingerprint density at radius 3 is 2.65 bits per heavy atom. The average molecular weight is 240 g/mol. The highest BCUT2D eigenvalue weighted by Gasteiger charge is 2.18. The van der Waals surface area contributed by atoms with Crippen LogP contribution in [0.4, 0.5) is 11.4 Å². The van der Waals surface area contributed by atoms with Crippen LogP contribution in [0.3, 0.4) is 0 Å². The number of benzene rings is 1. The zero-order valence-electron chi connectivity index (χ0n) is 10.1. The van der Waals surface area contributed by atoms with E-state index in [1.165, 1.54) is 25.3 Å². The normalized spacial score (nSPS) is 11.1. The van der Waals surface area contributed by atoms with Crippen molar-refractivity contribution in [3.05, 3.63) is 28.3 Å². The average Bonchev–Trinajstić information content (AvgIpc) is 2.24. The van der Waals surface area contributed by atoms with Gasteiger partial charge in [-0.15, -0.1) is 0 Å². The highest BCUT2D eigenvalue weighted by molar-refractivity contribution is 5.64. The van der Waals surface area contributed by atoms with E-state index in [2.05, 4.69) is 5.32 Å². The third kappa shape index (κ3) is 3.92. The van der Waals surface area contributed by atoms with Gasteiger partial charge in [0, 0.05) is 18.7 Å². The molecule has 6 nitrogen and oxygen atoms in total. The van der Waals surface area contributed by atoms with Crippen molar-refractivity contribution >= 4 is 11.4 Å². The van der Waals surface area contributed by atoms with E-state index in [0.29, 0.717) is 11.4 Å². The van der Waals surface area contributed by atoms with Crippen LogP contribution in [0.5, 0.6) is 5.75 Å². The first-order valence-corrected chi connectivity index (χ1v) is 5.12. The van der Waals surface area contributed by atoms with Gasteiger partial charge >= 0.3 is 0 Å². The van der Waals surface area contributed by atoms with Crippen molar-refractivity contribution in [3.8, 4) is 5.75 Å². The van der Waals surface area contributed by atoms with E-state index in [0.717, 1.165) is 0 Å². The largest absolute Gasteiger partial charge is 0.497 e. The molecule has 0 unspecified atom stereocenters. The lowest BCUT2D eigenvalue weighted by atomic mass is 10.1. The number of hydrogen-bond donors (Lipinski definition) is 2. The maximum atomic E-state index is 10.8. The quantitative estimate of drug-likeness (QED) is 0.605. The molecule has 0 aliphatic rings. The van der Waals surface area contributed by atoms with Crippen LogP contribution in [0.15, 0.2) is 18.2 Å². The Bertz CT molecular complexity index is 412. The van der Waals surface area contributed by atoms with Crippen LogP contribution in [0.2, 0.25) is 0 Å². The minimum atomic E-state index is -0.947. The molecule has 0 fully saturated rings. The molecular weight excluding hydrogens is 224 g/mol. The molecule has 0 aliphatic heterocycles. The molecular formula is C11H16N2O4. The van der Waals surface area contributed by atoms with Crippen molar-refractivity contribution in [2.24, 2.45) is 0 Å². The molecule has 1 aromatic rings. The Hall–Kier alpha value is -1.82. The maximum absolute atomic E-state index is 10.8. The van der Waals surface area contributed by atoms with Crippen LogP contribution < -0.4 is 10.1 Å². The van der Waals surface area contributed by atoms with Gasteiger partial charge in [0.15, 0.2) is 0 Å². The molecule has 0 spiro atoms. The number of anilines is 1. The number of nitro benzene ring substituents is 1. The molecule has 0 aromatic heterocycles. The van der Waals surface area contributed by atoms with Gasteiger partial charge in [0.25, 0.3) is 5.69 Å². The van der Waals surface area contributed by atoms with E-state index < -0.39 is 10.5 Å². The zero-order chi connectivity index (χ0) is 13.1. The SMILES string of the molecule is COc1ccc([N+](=O)[O-])c(NCC(C)(C)O)c1. The molecule has 0 saturated carbocycles. The fraction of sp³-hybridized carbons (Fsp3) is 0.455. The number of rotatable bonds is 5. The molecule has 2 N–H and O–H groups in total. The Balaban J connectivity index is 2.97. The molecule has 94 valence electrons. The summed E-state index contributed by atoms with van der Waals surface area (Å²) >= 11 is 0. The summed E-state index contributed by atoms with van der Waals surface area (Å²) in [6.45, 7) is 3.44. The molecule has 0 saturated heterocycles. The van der Waals surface area contributed by atoms with Crippen LogP contribution in [-0.2, 0) is 0 Å². The molecule has 1 aromatic carbocycles. The molecule has 0 radical (unpaired) electrons. The lowest BCUT2D eigenvalue weighted by Gasteiger charge is -2.18. The van der Waals surface area contributed by atoms with Gasteiger partial charge in [0.2, 0.25) is 0 Å². The molecule has 0 atom stereocenters. The second-order valence-electron chi connectivity index (χ2n) is 4.31. The number of aliphatic hydroxyl groups is 1. The predicted molar refractivity (Wildman–Crippen MR) is 64.4 cm³/mol. The van der Waals surface area contributed by atoms with E-state index in [4.69, 9.17) is 4.74 Å². The van der Waals surface area contributed by atoms with E-state index in [1.807, 2.05) is 0 Å². The highest BCUT2D eigenvalue weighted by atomic mass is 16.6. The Labute approximate surface area is 99.4 Å². The maximum Gasteiger partial charge on any atom is 0.292 e. The molecule has 1 rings (SSSR count). The number of nitro groups is 1. The number of nitrogens with one attached hydrogen (secondary N) is 1. The highest BCUT2D eigenvalue weighted by Crippen LogP contribution is 2.29. The second-order valence-corrected chi connectivity index (χ2v) is 4.31. The Morgan fingerprint density at radius 1 is 1.53 bits per heavy atom. The first-order chi connectivity index (χ1) is 7.83. The number of methoxy groups -OCH3 is 1. The van der Waals surface area contributed by atoms with Gasteiger partial charge in [-0.25, -0.2) is 0 Å². The van der Waals surface area contributed by atoms with Gasteiger partial charge < -0.3 is 15.2 Å². The first kappa shape index (κ1) is 13.2. The minimum Gasteiger partial charge on any atom is -0.497 e. The second kappa shape index (κ2) is 5.01. The summed E-state index contributed by atoms with van der Waals surface area (Å²) in [5.41, 5.74) is -0.664. The van der Waals surface area contributed by atoms with Crippen molar-refractivity contribution in [1.29, 1.82) is 0 Å². The lowest BCUT2D eigenvalue weighted by molar-refractivity contribution is -0.384. The Kier molecular flexibility index (Phi) is 3.90. The van der Waals surface area contributed by atoms with Crippen LogP contribution >= 0.6 is 0 Å². The molecule has 6 heteroatoms. The van der Waals surface area contributed by atoms with E-state index in [9.17, 15) is 15.2 Å². The van der Waals surface area contributed by atoms with Crippen LogP contribution in [0.1, 0.15) is 13.8 Å². The summed E-state index contributed by atoms with van der Waals surface area (Å²) in [5.74, 6) is 0.522.